The van der Waals surface area contributed by atoms with Gasteiger partial charge < -0.3 is 14.2 Å². The van der Waals surface area contributed by atoms with Crippen molar-refractivity contribution in [2.45, 2.75) is 38.8 Å². The molecule has 0 N–H and O–H groups in total. The van der Waals surface area contributed by atoms with Crippen molar-refractivity contribution >= 4 is 17.9 Å². The molecule has 0 atom stereocenters. The van der Waals surface area contributed by atoms with Crippen molar-refractivity contribution in [1.29, 1.82) is 0 Å². The first-order valence-corrected chi connectivity index (χ1v) is 13.2. The van der Waals surface area contributed by atoms with Crippen LogP contribution in [0.3, 0.4) is 0 Å². The van der Waals surface area contributed by atoms with Gasteiger partial charge in [-0.1, -0.05) is 12.1 Å². The van der Waals surface area contributed by atoms with E-state index in [1.54, 1.807) is 29.4 Å². The third kappa shape index (κ3) is 6.65. The van der Waals surface area contributed by atoms with E-state index < -0.39 is 5.60 Å². The number of rotatable bonds is 8. The summed E-state index contributed by atoms with van der Waals surface area (Å²) in [4.78, 5) is 37.0. The van der Waals surface area contributed by atoms with Crippen molar-refractivity contribution in [1.82, 2.24) is 9.88 Å². The number of aromatic nitrogens is 1. The lowest BCUT2D eigenvalue weighted by molar-refractivity contribution is -0.191. The van der Waals surface area contributed by atoms with Gasteiger partial charge in [-0.15, -0.1) is 0 Å². The van der Waals surface area contributed by atoms with Crippen molar-refractivity contribution < 1.29 is 33.0 Å². The van der Waals surface area contributed by atoms with E-state index in [9.17, 15) is 9.18 Å². The maximum atomic E-state index is 13.6. The van der Waals surface area contributed by atoms with Crippen LogP contribution in [0, 0.1) is 5.82 Å². The zero-order valence-electron chi connectivity index (χ0n) is 22.6. The number of pyridine rings is 1. The predicted octanol–water partition coefficient (Wildman–Crippen LogP) is 5.09. The van der Waals surface area contributed by atoms with Gasteiger partial charge in [-0.25, -0.2) is 9.18 Å². The van der Waals surface area contributed by atoms with Gasteiger partial charge in [-0.3, -0.25) is 14.8 Å². The fourth-order valence-electron chi connectivity index (χ4n) is 5.15. The smallest absolute Gasteiger partial charge is 0.415 e. The molecular formula is C30H32FN3O6. The topological polar surface area (TPSA) is 98.3 Å². The number of hydrogen-bond donors (Lipinski definition) is 0. The third-order valence-corrected chi connectivity index (χ3v) is 6.96. The molecule has 2 aliphatic heterocycles. The van der Waals surface area contributed by atoms with Gasteiger partial charge in [0.15, 0.2) is 0 Å². The molecule has 1 amide bonds. The number of hydrogen-bond acceptors (Lipinski definition) is 8. The zero-order valence-corrected chi connectivity index (χ0v) is 22.6. The Morgan fingerprint density at radius 1 is 1.02 bits per heavy atom. The molecule has 1 aromatic heterocycles. The van der Waals surface area contributed by atoms with Gasteiger partial charge in [0, 0.05) is 38.7 Å². The van der Waals surface area contributed by atoms with Crippen molar-refractivity contribution in [3.8, 4) is 22.6 Å². The average Bonchev–Trinajstić information content (AvgIpc) is 3.27. The van der Waals surface area contributed by atoms with Crippen LogP contribution < -0.4 is 14.4 Å². The summed E-state index contributed by atoms with van der Waals surface area (Å²) in [6, 6.07) is 14.2. The first-order valence-electron chi connectivity index (χ1n) is 13.2. The van der Waals surface area contributed by atoms with Crippen LogP contribution in [0.4, 0.5) is 14.9 Å². The second-order valence-electron chi connectivity index (χ2n) is 9.55. The minimum absolute atomic E-state index is 0.250. The van der Waals surface area contributed by atoms with E-state index in [4.69, 9.17) is 23.8 Å². The number of piperidine rings is 1. The molecular weight excluding hydrogens is 517 g/mol. The first-order chi connectivity index (χ1) is 19.4. The molecule has 0 aliphatic carbocycles. The number of anilines is 1. The fraction of sp³-hybridized carbons (Fsp3) is 0.367. The van der Waals surface area contributed by atoms with E-state index in [-0.39, 0.29) is 18.1 Å². The van der Waals surface area contributed by atoms with Crippen molar-refractivity contribution in [3.63, 3.8) is 0 Å². The first kappa shape index (κ1) is 28.7. The van der Waals surface area contributed by atoms with Gasteiger partial charge in [0.25, 0.3) is 0 Å². The lowest BCUT2D eigenvalue weighted by Gasteiger charge is -2.37. The molecule has 0 bridgehead atoms. The van der Waals surface area contributed by atoms with Gasteiger partial charge in [-0.2, -0.15) is 9.59 Å². The Morgan fingerprint density at radius 2 is 1.65 bits per heavy atom. The highest BCUT2D eigenvalue weighted by Crippen LogP contribution is 2.41. The van der Waals surface area contributed by atoms with Crippen LogP contribution in [0.1, 0.15) is 32.3 Å². The predicted molar refractivity (Wildman–Crippen MR) is 144 cm³/mol. The lowest BCUT2D eigenvalue weighted by atomic mass is 9.91. The maximum Gasteiger partial charge on any atom is 0.415 e. The number of carbonyl (C=O) groups excluding carboxylic acids is 3. The Hall–Kier alpha value is -4.27. The quantitative estimate of drug-likeness (QED) is 0.383. The monoisotopic (exact) mass is 549 g/mol. The molecule has 1 spiro atoms. The normalized spacial score (nSPS) is 16.1. The summed E-state index contributed by atoms with van der Waals surface area (Å²) in [6.45, 7) is 7.79. The number of amides is 1. The Balaban J connectivity index is 0.00000118. The zero-order chi connectivity index (χ0) is 28.5. The van der Waals surface area contributed by atoms with Crippen LogP contribution in [0.2, 0.25) is 0 Å². The van der Waals surface area contributed by atoms with Crippen LogP contribution >= 0.6 is 0 Å². The van der Waals surface area contributed by atoms with E-state index in [0.717, 1.165) is 66.4 Å². The number of nitrogens with zero attached hydrogens (tertiary/aromatic N) is 3. The molecule has 9 nitrogen and oxygen atoms in total. The SMILES string of the molecule is CCOc1cc(CN2CCC3(CC2)CN(c2cccnc2)C(=O)O3)cc(OCC)c1-c1ccc(F)cc1.O=C=O. The highest BCUT2D eigenvalue weighted by Gasteiger charge is 2.47. The summed E-state index contributed by atoms with van der Waals surface area (Å²) in [6.07, 6.45) is 4.86. The fourth-order valence-corrected chi connectivity index (χ4v) is 5.15. The van der Waals surface area contributed by atoms with E-state index in [0.29, 0.717) is 19.8 Å². The second kappa shape index (κ2) is 13.2. The summed E-state index contributed by atoms with van der Waals surface area (Å²) >= 11 is 0. The summed E-state index contributed by atoms with van der Waals surface area (Å²) < 4.78 is 31.5. The molecule has 2 fully saturated rings. The van der Waals surface area contributed by atoms with Gasteiger partial charge in [0.1, 0.15) is 22.9 Å². The van der Waals surface area contributed by atoms with Crippen LogP contribution in [-0.4, -0.2) is 60.6 Å². The van der Waals surface area contributed by atoms with E-state index >= 15 is 0 Å². The molecule has 2 aromatic carbocycles. The van der Waals surface area contributed by atoms with Crippen LogP contribution in [0.25, 0.3) is 11.1 Å². The van der Waals surface area contributed by atoms with E-state index in [1.165, 1.54) is 12.1 Å². The molecule has 210 valence electrons. The van der Waals surface area contributed by atoms with Crippen LogP contribution in [0.5, 0.6) is 11.5 Å². The van der Waals surface area contributed by atoms with Crippen molar-refractivity contribution in [2.24, 2.45) is 0 Å². The minimum atomic E-state index is -0.469. The number of likely N-dealkylation sites (tertiary alicyclic amines) is 1. The van der Waals surface area contributed by atoms with Crippen molar-refractivity contribution in [3.05, 3.63) is 72.3 Å². The number of benzene rings is 2. The number of ether oxygens (including phenoxy) is 3. The van der Waals surface area contributed by atoms with Crippen LogP contribution in [0.15, 0.2) is 60.9 Å². The Labute approximate surface area is 232 Å². The van der Waals surface area contributed by atoms with E-state index in [2.05, 4.69) is 22.0 Å². The van der Waals surface area contributed by atoms with Crippen molar-refractivity contribution in [2.75, 3.05) is 37.7 Å². The molecule has 0 unspecified atom stereocenters. The summed E-state index contributed by atoms with van der Waals surface area (Å²) in [5, 5.41) is 0. The molecule has 0 radical (unpaired) electrons. The molecule has 2 saturated heterocycles. The highest BCUT2D eigenvalue weighted by molar-refractivity contribution is 5.90. The lowest BCUT2D eigenvalue weighted by Crippen LogP contribution is -2.46. The van der Waals surface area contributed by atoms with E-state index in [1.807, 2.05) is 26.0 Å². The van der Waals surface area contributed by atoms with Gasteiger partial charge in [0.05, 0.1) is 37.2 Å². The largest absolute Gasteiger partial charge is 0.493 e. The minimum Gasteiger partial charge on any atom is -0.493 e. The Bertz CT molecular complexity index is 1290. The molecule has 10 heteroatoms. The number of halogens is 1. The van der Waals surface area contributed by atoms with Crippen LogP contribution in [-0.2, 0) is 20.9 Å². The maximum absolute atomic E-state index is 13.6. The van der Waals surface area contributed by atoms with Gasteiger partial charge in [0.2, 0.25) is 0 Å². The summed E-state index contributed by atoms with van der Waals surface area (Å²) in [5.41, 5.74) is 3.05. The molecule has 40 heavy (non-hydrogen) atoms. The molecule has 3 heterocycles. The third-order valence-electron chi connectivity index (χ3n) is 6.96. The molecule has 5 rings (SSSR count). The molecule has 0 saturated carbocycles. The molecule has 2 aliphatic rings. The van der Waals surface area contributed by atoms with Gasteiger partial charge in [-0.05, 0) is 61.4 Å². The Kier molecular flexibility index (Phi) is 9.47. The molecule has 3 aromatic rings. The summed E-state index contributed by atoms with van der Waals surface area (Å²) in [5.74, 6) is 1.16. The van der Waals surface area contributed by atoms with Gasteiger partial charge >= 0.3 is 12.2 Å². The average molecular weight is 550 g/mol. The number of carbonyl (C=O) groups is 1. The standard InChI is InChI=1S/C29H32FN3O4.CO2/c1-3-35-25-16-21(17-26(36-4-2)27(25)22-7-9-23(30)10-8-22)19-32-14-11-29(12-15-32)20-33(28(34)37-29)24-6-5-13-31-18-24;2-1-3/h5-10,13,16-18H,3-4,11-12,14-15,19-20H2,1-2H3;. The Morgan fingerprint density at radius 3 is 2.20 bits per heavy atom. The highest BCUT2D eigenvalue weighted by atomic mass is 19.1. The second-order valence-corrected chi connectivity index (χ2v) is 9.55. The summed E-state index contributed by atoms with van der Waals surface area (Å²) in [7, 11) is 0.